The SMILES string of the molecule is Cc1c(C2CNCC(C)O2)ccc2sc3ccccc3c(=O)c12. The van der Waals surface area contributed by atoms with E-state index < -0.39 is 0 Å². The van der Waals surface area contributed by atoms with E-state index in [4.69, 9.17) is 4.74 Å². The van der Waals surface area contributed by atoms with Crippen molar-refractivity contribution in [1.82, 2.24) is 5.32 Å². The lowest BCUT2D eigenvalue weighted by molar-refractivity contribution is -0.0289. The van der Waals surface area contributed by atoms with Crippen molar-refractivity contribution < 1.29 is 4.74 Å². The van der Waals surface area contributed by atoms with E-state index in [9.17, 15) is 4.79 Å². The second kappa shape index (κ2) is 5.71. The van der Waals surface area contributed by atoms with Gasteiger partial charge in [0.2, 0.25) is 0 Å². The van der Waals surface area contributed by atoms with Crippen molar-refractivity contribution in [3.05, 3.63) is 57.7 Å². The molecule has 1 saturated heterocycles. The molecule has 23 heavy (non-hydrogen) atoms. The molecule has 1 aromatic heterocycles. The van der Waals surface area contributed by atoms with Crippen molar-refractivity contribution in [2.45, 2.75) is 26.1 Å². The van der Waals surface area contributed by atoms with Gasteiger partial charge in [-0.25, -0.2) is 0 Å². The largest absolute Gasteiger partial charge is 0.368 e. The lowest BCUT2D eigenvalue weighted by Gasteiger charge is -2.30. The molecule has 2 atom stereocenters. The highest BCUT2D eigenvalue weighted by atomic mass is 32.1. The molecule has 1 aliphatic rings. The van der Waals surface area contributed by atoms with Crippen molar-refractivity contribution in [3.8, 4) is 0 Å². The summed E-state index contributed by atoms with van der Waals surface area (Å²) in [6, 6.07) is 12.0. The highest BCUT2D eigenvalue weighted by Crippen LogP contribution is 2.32. The van der Waals surface area contributed by atoms with Crippen LogP contribution in [0.5, 0.6) is 0 Å². The van der Waals surface area contributed by atoms with E-state index in [0.717, 1.165) is 44.4 Å². The molecule has 3 aromatic rings. The Bertz CT molecular complexity index is 947. The number of morpholine rings is 1. The Balaban J connectivity index is 1.95. The number of aryl methyl sites for hydroxylation is 1. The Hall–Kier alpha value is -1.75. The van der Waals surface area contributed by atoms with Crippen LogP contribution < -0.4 is 10.7 Å². The summed E-state index contributed by atoms with van der Waals surface area (Å²) in [5, 5.41) is 5.05. The fourth-order valence-electron chi connectivity index (χ4n) is 3.39. The molecular formula is C19H19NO2S. The lowest BCUT2D eigenvalue weighted by atomic mass is 9.98. The van der Waals surface area contributed by atoms with E-state index in [2.05, 4.69) is 24.4 Å². The van der Waals surface area contributed by atoms with Gasteiger partial charge in [-0.05, 0) is 43.2 Å². The van der Waals surface area contributed by atoms with Crippen molar-refractivity contribution >= 4 is 31.5 Å². The van der Waals surface area contributed by atoms with Crippen LogP contribution in [0.15, 0.2) is 41.2 Å². The molecule has 118 valence electrons. The lowest BCUT2D eigenvalue weighted by Crippen LogP contribution is -2.39. The van der Waals surface area contributed by atoms with Crippen LogP contribution in [0, 0.1) is 6.92 Å². The monoisotopic (exact) mass is 325 g/mol. The molecule has 0 bridgehead atoms. The molecule has 2 unspecified atom stereocenters. The number of benzene rings is 2. The molecule has 4 rings (SSSR count). The molecule has 0 aliphatic carbocycles. The minimum atomic E-state index is 0.0130. The number of fused-ring (bicyclic) bond motifs is 2. The van der Waals surface area contributed by atoms with Crippen molar-refractivity contribution in [2.24, 2.45) is 0 Å². The first kappa shape index (κ1) is 14.8. The highest BCUT2D eigenvalue weighted by Gasteiger charge is 2.23. The van der Waals surface area contributed by atoms with Gasteiger partial charge < -0.3 is 10.1 Å². The van der Waals surface area contributed by atoms with Crippen LogP contribution in [-0.2, 0) is 4.74 Å². The minimum Gasteiger partial charge on any atom is -0.368 e. The quantitative estimate of drug-likeness (QED) is 0.692. The summed E-state index contributed by atoms with van der Waals surface area (Å²) in [7, 11) is 0. The molecule has 0 amide bonds. The van der Waals surface area contributed by atoms with Gasteiger partial charge in [0.15, 0.2) is 5.43 Å². The maximum absolute atomic E-state index is 13.0. The van der Waals surface area contributed by atoms with Crippen LogP contribution in [0.25, 0.3) is 20.2 Å². The zero-order chi connectivity index (χ0) is 16.0. The number of hydrogen-bond donors (Lipinski definition) is 1. The minimum absolute atomic E-state index is 0.0130. The van der Waals surface area contributed by atoms with Gasteiger partial charge in [0, 0.05) is 33.3 Å². The van der Waals surface area contributed by atoms with Gasteiger partial charge in [-0.2, -0.15) is 0 Å². The summed E-state index contributed by atoms with van der Waals surface area (Å²) >= 11 is 1.68. The number of nitrogens with one attached hydrogen (secondary N) is 1. The maximum atomic E-state index is 13.0. The molecule has 1 aliphatic heterocycles. The van der Waals surface area contributed by atoms with Gasteiger partial charge in [-0.3, -0.25) is 4.79 Å². The van der Waals surface area contributed by atoms with Gasteiger partial charge in [-0.1, -0.05) is 18.2 Å². The number of hydrogen-bond acceptors (Lipinski definition) is 4. The molecular weight excluding hydrogens is 306 g/mol. The standard InChI is InChI=1S/C19H19NO2S/c1-11-9-20-10-15(22-11)13-7-8-17-18(12(13)2)19(21)14-5-3-4-6-16(14)23-17/h3-8,11,15,20H,9-10H2,1-2H3. The summed E-state index contributed by atoms with van der Waals surface area (Å²) in [4.78, 5) is 13.0. The topological polar surface area (TPSA) is 38.3 Å². The Morgan fingerprint density at radius 3 is 2.78 bits per heavy atom. The molecule has 2 heterocycles. The second-order valence-corrected chi connectivity index (χ2v) is 7.26. The van der Waals surface area contributed by atoms with Crippen molar-refractivity contribution in [2.75, 3.05) is 13.1 Å². The van der Waals surface area contributed by atoms with Crippen LogP contribution in [-0.4, -0.2) is 19.2 Å². The van der Waals surface area contributed by atoms with Crippen molar-refractivity contribution in [3.63, 3.8) is 0 Å². The molecule has 0 spiro atoms. The first-order valence-corrected chi connectivity index (χ1v) is 8.78. The predicted octanol–water partition coefficient (Wildman–Crippen LogP) is 3.77. The summed E-state index contributed by atoms with van der Waals surface area (Å²) in [5.41, 5.74) is 2.30. The first-order chi connectivity index (χ1) is 11.1. The highest BCUT2D eigenvalue weighted by molar-refractivity contribution is 7.24. The van der Waals surface area contributed by atoms with Gasteiger partial charge in [0.25, 0.3) is 0 Å². The van der Waals surface area contributed by atoms with Crippen LogP contribution in [0.1, 0.15) is 24.2 Å². The van der Waals surface area contributed by atoms with Crippen LogP contribution >= 0.6 is 11.3 Å². The van der Waals surface area contributed by atoms with Gasteiger partial charge in [0.1, 0.15) is 0 Å². The van der Waals surface area contributed by atoms with Crippen molar-refractivity contribution in [1.29, 1.82) is 0 Å². The number of rotatable bonds is 1. The summed E-state index contributed by atoms with van der Waals surface area (Å²) in [6.07, 6.45) is 0.203. The van der Waals surface area contributed by atoms with Gasteiger partial charge in [-0.15, -0.1) is 11.3 Å². The predicted molar refractivity (Wildman–Crippen MR) is 96.5 cm³/mol. The van der Waals surface area contributed by atoms with E-state index in [-0.39, 0.29) is 17.6 Å². The Labute approximate surface area is 138 Å². The Kier molecular flexibility index (Phi) is 3.68. The summed E-state index contributed by atoms with van der Waals surface area (Å²) in [5.74, 6) is 0. The average molecular weight is 325 g/mol. The summed E-state index contributed by atoms with van der Waals surface area (Å²) in [6.45, 7) is 5.79. The zero-order valence-corrected chi connectivity index (χ0v) is 14.1. The smallest absolute Gasteiger partial charge is 0.196 e. The fourth-order valence-corrected chi connectivity index (χ4v) is 4.53. The maximum Gasteiger partial charge on any atom is 0.196 e. The normalized spacial score (nSPS) is 21.8. The fraction of sp³-hybridized carbons (Fsp3) is 0.316. The molecule has 0 radical (unpaired) electrons. The van der Waals surface area contributed by atoms with E-state index >= 15 is 0 Å². The molecule has 1 N–H and O–H groups in total. The van der Waals surface area contributed by atoms with E-state index in [1.54, 1.807) is 11.3 Å². The van der Waals surface area contributed by atoms with E-state index in [1.165, 1.54) is 0 Å². The van der Waals surface area contributed by atoms with E-state index in [1.807, 2.05) is 31.2 Å². The van der Waals surface area contributed by atoms with Crippen LogP contribution in [0.4, 0.5) is 0 Å². The summed E-state index contributed by atoms with van der Waals surface area (Å²) < 4.78 is 8.16. The molecule has 0 saturated carbocycles. The Morgan fingerprint density at radius 1 is 1.13 bits per heavy atom. The van der Waals surface area contributed by atoms with Crippen LogP contribution in [0.3, 0.4) is 0 Å². The average Bonchev–Trinajstić information content (AvgIpc) is 2.55. The van der Waals surface area contributed by atoms with Crippen LogP contribution in [0.2, 0.25) is 0 Å². The first-order valence-electron chi connectivity index (χ1n) is 7.96. The van der Waals surface area contributed by atoms with Gasteiger partial charge in [0.05, 0.1) is 12.2 Å². The van der Waals surface area contributed by atoms with E-state index in [0.29, 0.717) is 0 Å². The third kappa shape index (κ3) is 2.47. The third-order valence-corrected chi connectivity index (χ3v) is 5.69. The Morgan fingerprint density at radius 2 is 1.96 bits per heavy atom. The molecule has 4 heteroatoms. The zero-order valence-electron chi connectivity index (χ0n) is 13.3. The third-order valence-electron chi connectivity index (χ3n) is 4.55. The molecule has 2 aromatic carbocycles. The number of ether oxygens (including phenoxy) is 1. The molecule has 3 nitrogen and oxygen atoms in total. The molecule has 1 fully saturated rings. The second-order valence-electron chi connectivity index (χ2n) is 6.17. The van der Waals surface area contributed by atoms with Gasteiger partial charge >= 0.3 is 0 Å².